The van der Waals surface area contributed by atoms with Gasteiger partial charge in [-0.25, -0.2) is 0 Å². The number of anilines is 1. The molecule has 2 N–H and O–H groups in total. The number of amides is 1. The molecule has 6 rings (SSSR count). The normalized spacial score (nSPS) is 29.1. The molecule has 2 aromatic carbocycles. The predicted octanol–water partition coefficient (Wildman–Crippen LogP) is 4.08. The van der Waals surface area contributed by atoms with Crippen molar-refractivity contribution in [3.8, 4) is 5.75 Å². The summed E-state index contributed by atoms with van der Waals surface area (Å²) in [5.41, 5.74) is 2.73. The third-order valence-corrected chi connectivity index (χ3v) is 8.23. The van der Waals surface area contributed by atoms with Crippen molar-refractivity contribution in [2.24, 2.45) is 28.7 Å². The second kappa shape index (κ2) is 9.30. The van der Waals surface area contributed by atoms with Gasteiger partial charge in [0.2, 0.25) is 5.91 Å². The maximum Gasteiger partial charge on any atom is 0.248 e. The van der Waals surface area contributed by atoms with Crippen molar-refractivity contribution in [1.82, 2.24) is 10.2 Å². The lowest BCUT2D eigenvalue weighted by molar-refractivity contribution is -0.132. The van der Waals surface area contributed by atoms with Gasteiger partial charge in [-0.05, 0) is 60.1 Å². The number of benzene rings is 2. The summed E-state index contributed by atoms with van der Waals surface area (Å²) in [5.74, 6) is 1.84. The van der Waals surface area contributed by atoms with Crippen LogP contribution in [0, 0.1) is 23.7 Å². The number of phenolic OH excluding ortho intramolecular Hbond substituents is 1. The number of nitrogens with one attached hydrogen (secondary N) is 1. The van der Waals surface area contributed by atoms with Gasteiger partial charge in [-0.15, -0.1) is 0 Å². The van der Waals surface area contributed by atoms with E-state index in [1.54, 1.807) is 12.1 Å². The van der Waals surface area contributed by atoms with Gasteiger partial charge in [-0.1, -0.05) is 38.1 Å². The summed E-state index contributed by atoms with van der Waals surface area (Å²) in [6, 6.07) is 16.3. The molecule has 5 atom stereocenters. The summed E-state index contributed by atoms with van der Waals surface area (Å²) in [6.07, 6.45) is 3.92. The van der Waals surface area contributed by atoms with E-state index >= 15 is 0 Å². The van der Waals surface area contributed by atoms with E-state index in [2.05, 4.69) is 73.5 Å². The molecule has 2 fully saturated rings. The molecule has 35 heavy (non-hydrogen) atoms. The SMILES string of the molecule is CC(C)CC1C2C3C=NC1(C(=O)NCc1cccc(O)c1)CC3CN2Cc1ccc(N(C)C)cc1. The Morgan fingerprint density at radius 3 is 2.66 bits per heavy atom. The molecule has 1 aliphatic carbocycles. The fourth-order valence-corrected chi connectivity index (χ4v) is 6.67. The van der Waals surface area contributed by atoms with E-state index in [4.69, 9.17) is 4.99 Å². The van der Waals surface area contributed by atoms with Crippen molar-refractivity contribution in [3.63, 3.8) is 0 Å². The minimum absolute atomic E-state index is 0.0353. The number of carbonyl (C=O) groups is 1. The number of hydrogen-bond acceptors (Lipinski definition) is 5. The third kappa shape index (κ3) is 4.44. The van der Waals surface area contributed by atoms with Crippen LogP contribution in [0.25, 0.3) is 0 Å². The molecule has 0 radical (unpaired) electrons. The molecular weight excluding hydrogens is 436 g/mol. The monoisotopic (exact) mass is 474 g/mol. The smallest absolute Gasteiger partial charge is 0.248 e. The number of aromatic hydroxyl groups is 1. The van der Waals surface area contributed by atoms with Crippen molar-refractivity contribution in [2.75, 3.05) is 25.5 Å². The van der Waals surface area contributed by atoms with Gasteiger partial charge in [0.1, 0.15) is 11.3 Å². The van der Waals surface area contributed by atoms with Crippen LogP contribution >= 0.6 is 0 Å². The lowest BCUT2D eigenvalue weighted by atomic mass is 9.59. The van der Waals surface area contributed by atoms with E-state index in [-0.39, 0.29) is 17.6 Å². The van der Waals surface area contributed by atoms with Gasteiger partial charge in [-0.3, -0.25) is 14.7 Å². The van der Waals surface area contributed by atoms with Crippen LogP contribution in [0.3, 0.4) is 0 Å². The van der Waals surface area contributed by atoms with Crippen LogP contribution in [-0.4, -0.2) is 54.3 Å². The highest BCUT2D eigenvalue weighted by Crippen LogP contribution is 2.55. The van der Waals surface area contributed by atoms with Gasteiger partial charge in [0.05, 0.1) is 0 Å². The lowest BCUT2D eigenvalue weighted by Gasteiger charge is -2.51. The highest BCUT2D eigenvalue weighted by atomic mass is 16.3. The van der Waals surface area contributed by atoms with Gasteiger partial charge < -0.3 is 15.3 Å². The molecule has 1 saturated carbocycles. The van der Waals surface area contributed by atoms with Gasteiger partial charge in [0.15, 0.2) is 0 Å². The number of rotatable bonds is 8. The molecular formula is C29H38N4O2. The minimum Gasteiger partial charge on any atom is -0.508 e. The number of likely N-dealkylation sites (tertiary alicyclic amines) is 1. The Kier molecular flexibility index (Phi) is 6.34. The molecule has 0 spiro atoms. The highest BCUT2D eigenvalue weighted by molar-refractivity contribution is 5.91. The number of hydrogen-bond donors (Lipinski definition) is 2. The highest BCUT2D eigenvalue weighted by Gasteiger charge is 2.63. The number of carbonyl (C=O) groups excluding carboxylic acids is 1. The standard InChI is InChI=1S/C29H38N4O2/c1-19(2)12-26-27-25-16-31-29(26,28(35)30-15-21-6-5-7-24(34)13-21)14-22(25)18-33(27)17-20-8-10-23(11-9-20)32(3)4/h5-11,13,16,19,22,25-27,34H,12,14-15,17-18H2,1-4H3,(H,30,35). The average molecular weight is 475 g/mol. The zero-order valence-electron chi connectivity index (χ0n) is 21.3. The number of aliphatic imine (C=N–C) groups is 1. The maximum absolute atomic E-state index is 13.8. The summed E-state index contributed by atoms with van der Waals surface area (Å²) in [6.45, 7) is 6.84. The molecule has 4 aliphatic rings. The molecule has 3 heterocycles. The molecule has 6 heteroatoms. The average Bonchev–Trinajstić information content (AvgIpc) is 3.12. The fraction of sp³-hybridized carbons (Fsp3) is 0.517. The summed E-state index contributed by atoms with van der Waals surface area (Å²) < 4.78 is 0. The predicted molar refractivity (Wildman–Crippen MR) is 141 cm³/mol. The lowest BCUT2D eigenvalue weighted by Crippen LogP contribution is -2.63. The van der Waals surface area contributed by atoms with E-state index in [1.807, 2.05) is 12.1 Å². The Balaban J connectivity index is 1.38. The first-order valence-corrected chi connectivity index (χ1v) is 12.9. The van der Waals surface area contributed by atoms with Crippen LogP contribution in [-0.2, 0) is 17.9 Å². The van der Waals surface area contributed by atoms with Crippen LogP contribution in [0.1, 0.15) is 37.8 Å². The molecule has 5 unspecified atom stereocenters. The van der Waals surface area contributed by atoms with Crippen LogP contribution in [0.2, 0.25) is 0 Å². The van der Waals surface area contributed by atoms with Crippen LogP contribution in [0.5, 0.6) is 5.75 Å². The number of phenols is 1. The van der Waals surface area contributed by atoms with Gasteiger partial charge >= 0.3 is 0 Å². The summed E-state index contributed by atoms with van der Waals surface area (Å²) in [4.78, 5) is 23.5. The van der Waals surface area contributed by atoms with E-state index in [0.29, 0.717) is 30.3 Å². The van der Waals surface area contributed by atoms with Crippen molar-refractivity contribution >= 4 is 17.8 Å². The second-order valence-corrected chi connectivity index (χ2v) is 11.3. The Hall–Kier alpha value is -2.86. The largest absolute Gasteiger partial charge is 0.508 e. The first-order chi connectivity index (χ1) is 16.8. The third-order valence-electron chi connectivity index (χ3n) is 8.23. The van der Waals surface area contributed by atoms with Gasteiger partial charge in [0.25, 0.3) is 0 Å². The Morgan fingerprint density at radius 1 is 1.20 bits per heavy atom. The molecule has 1 saturated heterocycles. The van der Waals surface area contributed by atoms with E-state index in [9.17, 15) is 9.90 Å². The molecule has 6 nitrogen and oxygen atoms in total. The van der Waals surface area contributed by atoms with E-state index in [0.717, 1.165) is 31.5 Å². The van der Waals surface area contributed by atoms with Crippen molar-refractivity contribution in [1.29, 1.82) is 0 Å². The molecule has 186 valence electrons. The summed E-state index contributed by atoms with van der Waals surface area (Å²) in [5, 5.41) is 13.0. The Labute approximate surface area is 209 Å². The van der Waals surface area contributed by atoms with Gasteiger partial charge in [0, 0.05) is 63.5 Å². The zero-order chi connectivity index (χ0) is 24.7. The zero-order valence-corrected chi connectivity index (χ0v) is 21.3. The van der Waals surface area contributed by atoms with Crippen molar-refractivity contribution in [2.45, 2.75) is 51.4 Å². The van der Waals surface area contributed by atoms with Crippen LogP contribution < -0.4 is 10.2 Å². The molecule has 0 aromatic heterocycles. The molecule has 3 aliphatic heterocycles. The Morgan fingerprint density at radius 2 is 1.97 bits per heavy atom. The van der Waals surface area contributed by atoms with Gasteiger partial charge in [-0.2, -0.15) is 0 Å². The minimum atomic E-state index is -0.700. The van der Waals surface area contributed by atoms with Crippen LogP contribution in [0.4, 0.5) is 5.69 Å². The molecule has 1 amide bonds. The van der Waals surface area contributed by atoms with Crippen molar-refractivity contribution in [3.05, 3.63) is 59.7 Å². The first-order valence-electron chi connectivity index (χ1n) is 12.9. The Bertz CT molecular complexity index is 1100. The second-order valence-electron chi connectivity index (χ2n) is 11.3. The van der Waals surface area contributed by atoms with Crippen LogP contribution in [0.15, 0.2) is 53.5 Å². The number of nitrogens with zero attached hydrogens (tertiary/aromatic N) is 3. The molecule has 4 bridgehead atoms. The summed E-state index contributed by atoms with van der Waals surface area (Å²) in [7, 11) is 4.13. The first kappa shape index (κ1) is 23.9. The topological polar surface area (TPSA) is 68.2 Å². The summed E-state index contributed by atoms with van der Waals surface area (Å²) >= 11 is 0. The maximum atomic E-state index is 13.8. The van der Waals surface area contributed by atoms with E-state index in [1.165, 1.54) is 11.3 Å². The fourth-order valence-electron chi connectivity index (χ4n) is 6.67. The van der Waals surface area contributed by atoms with Crippen molar-refractivity contribution < 1.29 is 9.90 Å². The quantitative estimate of drug-likeness (QED) is 0.605. The molecule has 2 aromatic rings. The van der Waals surface area contributed by atoms with E-state index < -0.39 is 5.54 Å².